The lowest BCUT2D eigenvalue weighted by Crippen LogP contribution is -2.48. The molecular weight excluding hydrogens is 526 g/mol. The van der Waals surface area contributed by atoms with Gasteiger partial charge in [0.05, 0.1) is 11.4 Å². The molecule has 1 aromatic carbocycles. The molecule has 1 amide bonds. The average molecular weight is 568 g/mol. The van der Waals surface area contributed by atoms with Crippen LogP contribution in [0, 0.1) is 0 Å². The first kappa shape index (κ1) is 30.5. The first-order valence-electron chi connectivity index (χ1n) is 13.4. The summed E-state index contributed by atoms with van der Waals surface area (Å²) < 4.78 is 33.2. The van der Waals surface area contributed by atoms with Gasteiger partial charge in [0.15, 0.2) is 5.82 Å². The minimum Gasteiger partial charge on any atom is -0.343 e. The zero-order valence-electron chi connectivity index (χ0n) is 23.1. The van der Waals surface area contributed by atoms with Crippen LogP contribution in [0.1, 0.15) is 76.6 Å². The first-order valence-corrected chi connectivity index (χ1v) is 14.9. The maximum absolute atomic E-state index is 13.1. The van der Waals surface area contributed by atoms with Gasteiger partial charge < -0.3 is 9.42 Å². The van der Waals surface area contributed by atoms with Crippen LogP contribution in [-0.4, -0.2) is 77.8 Å². The maximum atomic E-state index is 13.1. The number of benzene rings is 1. The Labute approximate surface area is 233 Å². The molecule has 2 aromatic rings. The molecule has 0 radical (unpaired) electrons. The number of amides is 1. The maximum Gasteiger partial charge on any atom is 0.243 e. The summed E-state index contributed by atoms with van der Waals surface area (Å²) >= 11 is 0. The molecule has 2 aliphatic rings. The molecule has 4 rings (SSSR count). The summed E-state index contributed by atoms with van der Waals surface area (Å²) in [6.07, 6.45) is 6.63. The van der Waals surface area contributed by atoms with Crippen molar-refractivity contribution in [2.45, 2.75) is 88.6 Å². The van der Waals surface area contributed by atoms with Crippen molar-refractivity contribution >= 4 is 28.3 Å². The number of rotatable bonds is 8. The summed E-state index contributed by atoms with van der Waals surface area (Å²) in [5.74, 6) is 1.16. The largest absolute Gasteiger partial charge is 0.343 e. The van der Waals surface area contributed by atoms with Gasteiger partial charge in [0.1, 0.15) is 0 Å². The molecule has 0 atom stereocenters. The van der Waals surface area contributed by atoms with E-state index in [0.717, 1.165) is 18.4 Å². The van der Waals surface area contributed by atoms with Gasteiger partial charge in [-0.05, 0) is 36.0 Å². The number of sulfonamides is 1. The number of carbonyl (C=O) groups is 1. The standard InChI is InChI=1S/C27H41N5O4S.ClH/c1-27(2,3)21-10-12-23(13-11-21)37(34,35)32-18-16-31(17-19-32)20-24-28-25(36-29-24)14-15-26(33)30(4)22-8-6-5-7-9-22;/h10-13,22H,5-9,14-20H2,1-4H3;1H. The Morgan fingerprint density at radius 3 is 2.29 bits per heavy atom. The van der Waals surface area contributed by atoms with Crippen molar-refractivity contribution < 1.29 is 17.7 Å². The fourth-order valence-corrected chi connectivity index (χ4v) is 6.54. The molecule has 38 heavy (non-hydrogen) atoms. The minimum absolute atomic E-state index is 0. The fourth-order valence-electron chi connectivity index (χ4n) is 5.12. The van der Waals surface area contributed by atoms with E-state index in [-0.39, 0.29) is 23.7 Å². The second-order valence-electron chi connectivity index (χ2n) is 11.4. The summed E-state index contributed by atoms with van der Waals surface area (Å²) in [6.45, 7) is 8.83. The Morgan fingerprint density at radius 1 is 1.05 bits per heavy atom. The molecule has 1 aromatic heterocycles. The Balaban J connectivity index is 0.00000400. The van der Waals surface area contributed by atoms with Crippen LogP contribution in [0.3, 0.4) is 0 Å². The third-order valence-corrected chi connectivity index (χ3v) is 9.55. The van der Waals surface area contributed by atoms with Gasteiger partial charge in [-0.2, -0.15) is 9.29 Å². The number of aromatic nitrogens is 2. The quantitative estimate of drug-likeness (QED) is 0.475. The molecule has 1 saturated carbocycles. The Kier molecular flexibility index (Phi) is 10.4. The molecule has 2 fully saturated rings. The molecule has 0 N–H and O–H groups in total. The lowest BCUT2D eigenvalue weighted by Gasteiger charge is -2.33. The van der Waals surface area contributed by atoms with Crippen LogP contribution in [0.5, 0.6) is 0 Å². The molecule has 0 bridgehead atoms. The molecule has 1 aliphatic carbocycles. The van der Waals surface area contributed by atoms with Crippen molar-refractivity contribution in [1.29, 1.82) is 0 Å². The lowest BCUT2D eigenvalue weighted by atomic mass is 9.87. The zero-order valence-corrected chi connectivity index (χ0v) is 24.7. The summed E-state index contributed by atoms with van der Waals surface area (Å²) in [5, 5.41) is 4.08. The SMILES string of the molecule is CN(C(=O)CCc1nc(CN2CCN(S(=O)(=O)c3ccc(C(C)(C)C)cc3)CC2)no1)C1CCCCC1.Cl. The molecule has 0 unspecified atom stereocenters. The third kappa shape index (κ3) is 7.55. The molecule has 1 saturated heterocycles. The highest BCUT2D eigenvalue weighted by molar-refractivity contribution is 7.89. The molecule has 212 valence electrons. The molecule has 2 heterocycles. The van der Waals surface area contributed by atoms with Crippen molar-refractivity contribution in [1.82, 2.24) is 24.2 Å². The highest BCUT2D eigenvalue weighted by Crippen LogP contribution is 2.25. The van der Waals surface area contributed by atoms with E-state index in [1.807, 2.05) is 24.1 Å². The van der Waals surface area contributed by atoms with Crippen LogP contribution >= 0.6 is 12.4 Å². The average Bonchev–Trinajstić information content (AvgIpc) is 3.34. The Bertz CT molecular complexity index is 1150. The predicted molar refractivity (Wildman–Crippen MR) is 149 cm³/mol. The van der Waals surface area contributed by atoms with Crippen molar-refractivity contribution in [3.63, 3.8) is 0 Å². The zero-order chi connectivity index (χ0) is 26.6. The lowest BCUT2D eigenvalue weighted by molar-refractivity contribution is -0.132. The first-order chi connectivity index (χ1) is 17.5. The molecule has 1 aliphatic heterocycles. The van der Waals surface area contributed by atoms with Crippen LogP contribution < -0.4 is 0 Å². The second kappa shape index (κ2) is 12.9. The van der Waals surface area contributed by atoms with E-state index in [2.05, 4.69) is 35.8 Å². The number of hydrogen-bond donors (Lipinski definition) is 0. The normalized spacial score (nSPS) is 18.2. The van der Waals surface area contributed by atoms with Crippen molar-refractivity contribution in [2.24, 2.45) is 0 Å². The molecule has 11 heteroatoms. The van der Waals surface area contributed by atoms with Gasteiger partial charge in [0.2, 0.25) is 21.8 Å². The smallest absolute Gasteiger partial charge is 0.243 e. The predicted octanol–water partition coefficient (Wildman–Crippen LogP) is 4.02. The van der Waals surface area contributed by atoms with Crippen LogP contribution in [0.25, 0.3) is 0 Å². The van der Waals surface area contributed by atoms with Crippen LogP contribution in [-0.2, 0) is 33.2 Å². The highest BCUT2D eigenvalue weighted by atomic mass is 35.5. The second-order valence-corrected chi connectivity index (χ2v) is 13.3. The summed E-state index contributed by atoms with van der Waals surface area (Å²) in [7, 11) is -1.63. The van der Waals surface area contributed by atoms with E-state index in [1.165, 1.54) is 19.3 Å². The topological polar surface area (TPSA) is 99.9 Å². The summed E-state index contributed by atoms with van der Waals surface area (Å²) in [5.41, 5.74) is 1.08. The minimum atomic E-state index is -3.53. The molecular formula is C27H42ClN5O4S. The van der Waals surface area contributed by atoms with E-state index >= 15 is 0 Å². The number of halogens is 1. The van der Waals surface area contributed by atoms with Crippen LogP contribution in [0.15, 0.2) is 33.7 Å². The van der Waals surface area contributed by atoms with Crippen LogP contribution in [0.2, 0.25) is 0 Å². The van der Waals surface area contributed by atoms with Gasteiger partial charge in [-0.25, -0.2) is 8.42 Å². The van der Waals surface area contributed by atoms with Crippen molar-refractivity contribution in [3.05, 3.63) is 41.5 Å². The third-order valence-electron chi connectivity index (χ3n) is 7.63. The van der Waals surface area contributed by atoms with E-state index < -0.39 is 10.0 Å². The molecule has 9 nitrogen and oxygen atoms in total. The number of aryl methyl sites for hydroxylation is 1. The Morgan fingerprint density at radius 2 is 1.68 bits per heavy atom. The Hall–Kier alpha value is -2.01. The monoisotopic (exact) mass is 567 g/mol. The van der Waals surface area contributed by atoms with Gasteiger partial charge in [-0.1, -0.05) is 57.3 Å². The van der Waals surface area contributed by atoms with Crippen molar-refractivity contribution in [2.75, 3.05) is 33.2 Å². The van der Waals surface area contributed by atoms with E-state index in [4.69, 9.17) is 4.52 Å². The van der Waals surface area contributed by atoms with Gasteiger partial charge in [0.25, 0.3) is 0 Å². The molecule has 0 spiro atoms. The van der Waals surface area contributed by atoms with Gasteiger partial charge in [-0.15, -0.1) is 12.4 Å². The number of nitrogens with zero attached hydrogens (tertiary/aromatic N) is 5. The van der Waals surface area contributed by atoms with Gasteiger partial charge >= 0.3 is 0 Å². The van der Waals surface area contributed by atoms with E-state index in [0.29, 0.717) is 68.2 Å². The van der Waals surface area contributed by atoms with E-state index in [9.17, 15) is 13.2 Å². The highest BCUT2D eigenvalue weighted by Gasteiger charge is 2.29. The van der Waals surface area contributed by atoms with Crippen LogP contribution in [0.4, 0.5) is 0 Å². The fraction of sp³-hybridized carbons (Fsp3) is 0.667. The number of piperazine rings is 1. The summed E-state index contributed by atoms with van der Waals surface area (Å²) in [4.78, 5) is 21.4. The summed E-state index contributed by atoms with van der Waals surface area (Å²) in [6, 6.07) is 7.57. The van der Waals surface area contributed by atoms with Gasteiger partial charge in [-0.3, -0.25) is 9.69 Å². The van der Waals surface area contributed by atoms with E-state index in [1.54, 1.807) is 16.4 Å². The van der Waals surface area contributed by atoms with Gasteiger partial charge in [0, 0.05) is 52.1 Å². The number of hydrogen-bond acceptors (Lipinski definition) is 7. The number of carbonyl (C=O) groups excluding carboxylic acids is 1. The van der Waals surface area contributed by atoms with Crippen molar-refractivity contribution in [3.8, 4) is 0 Å².